The van der Waals surface area contributed by atoms with Crippen molar-refractivity contribution in [2.24, 2.45) is 0 Å². The van der Waals surface area contributed by atoms with Crippen LogP contribution in [0.2, 0.25) is 0 Å². The summed E-state index contributed by atoms with van der Waals surface area (Å²) in [6, 6.07) is 8.35. The zero-order chi connectivity index (χ0) is 11.9. The number of hydrogen-bond acceptors (Lipinski definition) is 4. The summed E-state index contributed by atoms with van der Waals surface area (Å²) in [5.74, 6) is 0. The summed E-state index contributed by atoms with van der Waals surface area (Å²) < 4.78 is 0. The van der Waals surface area contributed by atoms with Crippen LogP contribution in [-0.4, -0.2) is 21.7 Å². The second-order valence-electron chi connectivity index (χ2n) is 3.68. The van der Waals surface area contributed by atoms with Gasteiger partial charge in [-0.25, -0.2) is 4.98 Å². The van der Waals surface area contributed by atoms with Crippen LogP contribution in [0.5, 0.6) is 0 Å². The van der Waals surface area contributed by atoms with Crippen LogP contribution >= 0.6 is 11.8 Å². The minimum absolute atomic E-state index is 0.827. The Labute approximate surface area is 105 Å². The molecular formula is C12H16N4S. The van der Waals surface area contributed by atoms with Crippen molar-refractivity contribution in [1.82, 2.24) is 20.5 Å². The quantitative estimate of drug-likeness (QED) is 0.771. The van der Waals surface area contributed by atoms with Gasteiger partial charge in [0.1, 0.15) is 6.33 Å². The summed E-state index contributed by atoms with van der Waals surface area (Å²) in [6.45, 7) is 4.11. The van der Waals surface area contributed by atoms with Crippen LogP contribution in [-0.2, 0) is 6.54 Å². The minimum atomic E-state index is 0.827. The molecule has 0 radical (unpaired) electrons. The van der Waals surface area contributed by atoms with Gasteiger partial charge >= 0.3 is 0 Å². The molecule has 4 nitrogen and oxygen atoms in total. The van der Waals surface area contributed by atoms with Gasteiger partial charge in [-0.15, -0.1) is 0 Å². The van der Waals surface area contributed by atoms with Crippen LogP contribution in [0.3, 0.4) is 0 Å². The molecule has 0 amide bonds. The number of nitrogens with zero attached hydrogens (tertiary/aromatic N) is 2. The largest absolute Gasteiger partial charge is 0.313 e. The first kappa shape index (κ1) is 12.1. The Morgan fingerprint density at radius 1 is 1.35 bits per heavy atom. The molecule has 1 heterocycles. The highest BCUT2D eigenvalue weighted by molar-refractivity contribution is 7.99. The van der Waals surface area contributed by atoms with E-state index >= 15 is 0 Å². The van der Waals surface area contributed by atoms with E-state index in [1.54, 1.807) is 11.8 Å². The summed E-state index contributed by atoms with van der Waals surface area (Å²) in [5.41, 5.74) is 1.29. The standard InChI is InChI=1S/C12H16N4S/c1-2-7-13-8-10-5-3-4-6-11(10)17-12-14-9-15-16-12/h3-6,9,13H,2,7-8H2,1H3,(H,14,15,16). The molecule has 2 rings (SSSR count). The van der Waals surface area contributed by atoms with Gasteiger partial charge in [0.2, 0.25) is 0 Å². The number of benzene rings is 1. The number of aromatic amines is 1. The van der Waals surface area contributed by atoms with Crippen molar-refractivity contribution in [3.63, 3.8) is 0 Å². The Hall–Kier alpha value is -1.33. The second-order valence-corrected chi connectivity index (χ2v) is 4.71. The SMILES string of the molecule is CCCNCc1ccccc1Sc1ncn[nH]1. The molecule has 90 valence electrons. The van der Waals surface area contributed by atoms with Gasteiger partial charge in [0, 0.05) is 11.4 Å². The summed E-state index contributed by atoms with van der Waals surface area (Å²) in [6.07, 6.45) is 2.68. The maximum absolute atomic E-state index is 4.12. The van der Waals surface area contributed by atoms with Crippen LogP contribution in [0.25, 0.3) is 0 Å². The first-order chi connectivity index (χ1) is 8.40. The van der Waals surface area contributed by atoms with Crippen molar-refractivity contribution < 1.29 is 0 Å². The highest BCUT2D eigenvalue weighted by atomic mass is 32.2. The molecule has 0 fully saturated rings. The van der Waals surface area contributed by atoms with Crippen LogP contribution in [0.15, 0.2) is 40.6 Å². The number of nitrogens with one attached hydrogen (secondary N) is 2. The molecule has 0 unspecified atom stereocenters. The molecule has 0 saturated carbocycles. The van der Waals surface area contributed by atoms with Crippen molar-refractivity contribution >= 4 is 11.8 Å². The smallest absolute Gasteiger partial charge is 0.188 e. The molecule has 0 aliphatic heterocycles. The van der Waals surface area contributed by atoms with Gasteiger partial charge in [-0.2, -0.15) is 5.10 Å². The maximum atomic E-state index is 4.12. The first-order valence-electron chi connectivity index (χ1n) is 5.72. The normalized spacial score (nSPS) is 10.6. The molecule has 5 heteroatoms. The van der Waals surface area contributed by atoms with E-state index in [1.807, 2.05) is 6.07 Å². The zero-order valence-electron chi connectivity index (χ0n) is 9.81. The highest BCUT2D eigenvalue weighted by Gasteiger charge is 2.05. The van der Waals surface area contributed by atoms with Crippen LogP contribution < -0.4 is 5.32 Å². The number of hydrogen-bond donors (Lipinski definition) is 2. The Bertz CT molecular complexity index is 442. The molecule has 17 heavy (non-hydrogen) atoms. The third-order valence-corrected chi connectivity index (χ3v) is 3.32. The van der Waals surface area contributed by atoms with E-state index in [9.17, 15) is 0 Å². The highest BCUT2D eigenvalue weighted by Crippen LogP contribution is 2.27. The molecule has 0 spiro atoms. The fourth-order valence-corrected chi connectivity index (χ4v) is 2.32. The summed E-state index contributed by atoms with van der Waals surface area (Å²) in [7, 11) is 0. The van der Waals surface area contributed by atoms with Gasteiger partial charge in [-0.3, -0.25) is 5.10 Å². The number of H-pyrrole nitrogens is 1. The maximum Gasteiger partial charge on any atom is 0.188 e. The number of rotatable bonds is 6. The zero-order valence-corrected chi connectivity index (χ0v) is 10.6. The Kier molecular flexibility index (Phi) is 4.58. The topological polar surface area (TPSA) is 53.6 Å². The predicted molar refractivity (Wildman–Crippen MR) is 68.9 cm³/mol. The lowest BCUT2D eigenvalue weighted by Crippen LogP contribution is -2.14. The van der Waals surface area contributed by atoms with Crippen molar-refractivity contribution in [3.8, 4) is 0 Å². The Morgan fingerprint density at radius 3 is 3.00 bits per heavy atom. The fraction of sp³-hybridized carbons (Fsp3) is 0.333. The van der Waals surface area contributed by atoms with Gasteiger partial charge in [-0.05, 0) is 24.6 Å². The molecule has 0 bridgehead atoms. The third kappa shape index (κ3) is 3.57. The lowest BCUT2D eigenvalue weighted by atomic mass is 10.2. The third-order valence-electron chi connectivity index (χ3n) is 2.31. The molecule has 1 aromatic heterocycles. The van der Waals surface area contributed by atoms with E-state index in [4.69, 9.17) is 0 Å². The molecule has 0 atom stereocenters. The average Bonchev–Trinajstić information content (AvgIpc) is 2.84. The van der Waals surface area contributed by atoms with E-state index in [-0.39, 0.29) is 0 Å². The van der Waals surface area contributed by atoms with Gasteiger partial charge in [-0.1, -0.05) is 36.9 Å². The number of aromatic nitrogens is 3. The minimum Gasteiger partial charge on any atom is -0.313 e. The molecule has 2 N–H and O–H groups in total. The van der Waals surface area contributed by atoms with Gasteiger partial charge < -0.3 is 5.32 Å². The van der Waals surface area contributed by atoms with Gasteiger partial charge in [0.25, 0.3) is 0 Å². The van der Waals surface area contributed by atoms with E-state index in [2.05, 4.69) is 45.6 Å². The van der Waals surface area contributed by atoms with Crippen LogP contribution in [0, 0.1) is 0 Å². The van der Waals surface area contributed by atoms with Crippen molar-refractivity contribution in [2.45, 2.75) is 29.9 Å². The van der Waals surface area contributed by atoms with Gasteiger partial charge in [0.05, 0.1) is 0 Å². The van der Waals surface area contributed by atoms with E-state index in [0.717, 1.165) is 24.7 Å². The first-order valence-corrected chi connectivity index (χ1v) is 6.53. The van der Waals surface area contributed by atoms with Crippen LogP contribution in [0.4, 0.5) is 0 Å². The molecule has 0 aliphatic rings. The molecule has 2 aromatic rings. The molecular weight excluding hydrogens is 232 g/mol. The van der Waals surface area contributed by atoms with E-state index in [1.165, 1.54) is 16.8 Å². The Balaban J connectivity index is 2.05. The fourth-order valence-electron chi connectivity index (χ4n) is 1.50. The van der Waals surface area contributed by atoms with E-state index < -0.39 is 0 Å². The predicted octanol–water partition coefficient (Wildman–Crippen LogP) is 2.46. The van der Waals surface area contributed by atoms with Crippen molar-refractivity contribution in [2.75, 3.05) is 6.54 Å². The molecule has 0 aliphatic carbocycles. The molecule has 1 aromatic carbocycles. The van der Waals surface area contributed by atoms with Gasteiger partial charge in [0.15, 0.2) is 5.16 Å². The van der Waals surface area contributed by atoms with Crippen molar-refractivity contribution in [3.05, 3.63) is 36.2 Å². The average molecular weight is 248 g/mol. The van der Waals surface area contributed by atoms with Crippen molar-refractivity contribution in [1.29, 1.82) is 0 Å². The summed E-state index contributed by atoms with van der Waals surface area (Å²) in [4.78, 5) is 5.34. The summed E-state index contributed by atoms with van der Waals surface area (Å²) in [5, 5.41) is 11.0. The lowest BCUT2D eigenvalue weighted by Gasteiger charge is -2.08. The van der Waals surface area contributed by atoms with E-state index in [0.29, 0.717) is 0 Å². The monoisotopic (exact) mass is 248 g/mol. The second kappa shape index (κ2) is 6.42. The lowest BCUT2D eigenvalue weighted by molar-refractivity contribution is 0.669. The van der Waals surface area contributed by atoms with Crippen LogP contribution in [0.1, 0.15) is 18.9 Å². The summed E-state index contributed by atoms with van der Waals surface area (Å²) >= 11 is 1.61. The Morgan fingerprint density at radius 2 is 2.24 bits per heavy atom. The molecule has 0 saturated heterocycles.